The highest BCUT2D eigenvalue weighted by molar-refractivity contribution is 6.31. The number of halogens is 1. The standard InChI is InChI=1S/C14H16ClNO4/c1-8-5-9(3-4-11(8)15)13(17)16-7-10(20-2)6-12(16)14(18)19/h3-5,10,12H,6-7H2,1-2H3,(H,18,19). The SMILES string of the molecule is COC1CC(C(=O)O)N(C(=O)c2ccc(Cl)c(C)c2)C1. The molecule has 1 aliphatic heterocycles. The Morgan fingerprint density at radius 1 is 1.45 bits per heavy atom. The fraction of sp³-hybridized carbons (Fsp3) is 0.429. The molecule has 1 aromatic carbocycles. The summed E-state index contributed by atoms with van der Waals surface area (Å²) in [5, 5.41) is 9.80. The number of hydrogen-bond acceptors (Lipinski definition) is 3. The third-order valence-corrected chi connectivity index (χ3v) is 3.97. The lowest BCUT2D eigenvalue weighted by Gasteiger charge is -2.21. The topological polar surface area (TPSA) is 66.8 Å². The zero-order valence-corrected chi connectivity index (χ0v) is 12.1. The van der Waals surface area contributed by atoms with E-state index in [1.165, 1.54) is 12.0 Å². The van der Waals surface area contributed by atoms with Gasteiger partial charge in [-0.3, -0.25) is 4.79 Å². The van der Waals surface area contributed by atoms with Crippen LogP contribution in [0.2, 0.25) is 5.02 Å². The monoisotopic (exact) mass is 297 g/mol. The first-order valence-corrected chi connectivity index (χ1v) is 6.64. The van der Waals surface area contributed by atoms with E-state index in [9.17, 15) is 14.7 Å². The normalized spacial score (nSPS) is 22.1. The highest BCUT2D eigenvalue weighted by Gasteiger charge is 2.40. The Kier molecular flexibility index (Phi) is 4.30. The molecule has 1 saturated heterocycles. The second kappa shape index (κ2) is 5.81. The lowest BCUT2D eigenvalue weighted by Crippen LogP contribution is -2.40. The van der Waals surface area contributed by atoms with E-state index < -0.39 is 12.0 Å². The number of hydrogen-bond donors (Lipinski definition) is 1. The molecule has 0 radical (unpaired) electrons. The van der Waals surface area contributed by atoms with Gasteiger partial charge in [0.25, 0.3) is 5.91 Å². The molecule has 0 saturated carbocycles. The van der Waals surface area contributed by atoms with E-state index in [1.54, 1.807) is 25.1 Å². The lowest BCUT2D eigenvalue weighted by molar-refractivity contribution is -0.141. The van der Waals surface area contributed by atoms with Crippen LogP contribution in [0.3, 0.4) is 0 Å². The zero-order chi connectivity index (χ0) is 14.9. The number of benzene rings is 1. The van der Waals surface area contributed by atoms with Crippen molar-refractivity contribution in [3.05, 3.63) is 34.3 Å². The van der Waals surface area contributed by atoms with Crippen LogP contribution in [-0.4, -0.2) is 47.7 Å². The maximum Gasteiger partial charge on any atom is 0.326 e. The first-order chi connectivity index (χ1) is 9.43. The predicted octanol–water partition coefficient (Wildman–Crippen LogP) is 1.96. The number of rotatable bonds is 3. The summed E-state index contributed by atoms with van der Waals surface area (Å²) in [5.74, 6) is -1.32. The number of likely N-dealkylation sites (tertiary alicyclic amines) is 1. The van der Waals surface area contributed by atoms with Crippen molar-refractivity contribution in [3.8, 4) is 0 Å². The van der Waals surface area contributed by atoms with Gasteiger partial charge in [0.1, 0.15) is 6.04 Å². The van der Waals surface area contributed by atoms with E-state index in [0.29, 0.717) is 17.0 Å². The Hall–Kier alpha value is -1.59. The molecule has 0 aliphatic carbocycles. The molecule has 2 rings (SSSR count). The molecule has 1 aromatic rings. The van der Waals surface area contributed by atoms with Crippen LogP contribution in [0.15, 0.2) is 18.2 Å². The predicted molar refractivity (Wildman–Crippen MR) is 74.1 cm³/mol. The molecule has 0 aromatic heterocycles. The third kappa shape index (κ3) is 2.78. The first-order valence-electron chi connectivity index (χ1n) is 6.26. The minimum Gasteiger partial charge on any atom is -0.480 e. The number of methoxy groups -OCH3 is 1. The first kappa shape index (κ1) is 14.8. The van der Waals surface area contributed by atoms with Crippen molar-refractivity contribution in [2.75, 3.05) is 13.7 Å². The Balaban J connectivity index is 2.26. The summed E-state index contributed by atoms with van der Waals surface area (Å²) in [4.78, 5) is 25.1. The number of carboxylic acids is 1. The number of amides is 1. The molecule has 5 nitrogen and oxygen atoms in total. The molecule has 1 amide bonds. The maximum atomic E-state index is 12.5. The van der Waals surface area contributed by atoms with Crippen molar-refractivity contribution in [1.29, 1.82) is 0 Å². The average molecular weight is 298 g/mol. The number of carboxylic acid groups (broad SMARTS) is 1. The highest BCUT2D eigenvalue weighted by atomic mass is 35.5. The van der Waals surface area contributed by atoms with E-state index in [4.69, 9.17) is 16.3 Å². The molecule has 108 valence electrons. The molecule has 6 heteroatoms. The highest BCUT2D eigenvalue weighted by Crippen LogP contribution is 2.24. The Bertz CT molecular complexity index is 546. The van der Waals surface area contributed by atoms with Crippen LogP contribution in [0.25, 0.3) is 0 Å². The van der Waals surface area contributed by atoms with Gasteiger partial charge in [0.2, 0.25) is 0 Å². The smallest absolute Gasteiger partial charge is 0.326 e. The van der Waals surface area contributed by atoms with Crippen LogP contribution < -0.4 is 0 Å². The summed E-state index contributed by atoms with van der Waals surface area (Å²) in [7, 11) is 1.52. The van der Waals surface area contributed by atoms with Crippen LogP contribution in [0, 0.1) is 6.92 Å². The fourth-order valence-electron chi connectivity index (χ4n) is 2.37. The van der Waals surface area contributed by atoms with Gasteiger partial charge in [-0.2, -0.15) is 0 Å². The van der Waals surface area contributed by atoms with Crippen molar-refractivity contribution in [1.82, 2.24) is 4.90 Å². The van der Waals surface area contributed by atoms with Gasteiger partial charge >= 0.3 is 5.97 Å². The molecule has 1 heterocycles. The van der Waals surface area contributed by atoms with Crippen LogP contribution in [-0.2, 0) is 9.53 Å². The zero-order valence-electron chi connectivity index (χ0n) is 11.3. The second-order valence-electron chi connectivity index (χ2n) is 4.87. The molecular formula is C14H16ClNO4. The number of carbonyl (C=O) groups is 2. The van der Waals surface area contributed by atoms with E-state index in [1.807, 2.05) is 0 Å². The summed E-state index contributed by atoms with van der Waals surface area (Å²) in [6, 6.07) is 4.08. The van der Waals surface area contributed by atoms with Crippen molar-refractivity contribution >= 4 is 23.5 Å². The van der Waals surface area contributed by atoms with Crippen molar-refractivity contribution in [2.45, 2.75) is 25.5 Å². The molecule has 20 heavy (non-hydrogen) atoms. The summed E-state index contributed by atoms with van der Waals surface area (Å²) in [6.45, 7) is 2.09. The summed E-state index contributed by atoms with van der Waals surface area (Å²) in [6.07, 6.45) is 0.0675. The van der Waals surface area contributed by atoms with Gasteiger partial charge in [0.15, 0.2) is 0 Å². The van der Waals surface area contributed by atoms with Crippen molar-refractivity contribution in [3.63, 3.8) is 0 Å². The number of ether oxygens (including phenoxy) is 1. The molecule has 2 unspecified atom stereocenters. The van der Waals surface area contributed by atoms with Gasteiger partial charge in [-0.05, 0) is 30.7 Å². The van der Waals surface area contributed by atoms with E-state index in [0.717, 1.165) is 5.56 Å². The van der Waals surface area contributed by atoms with Crippen LogP contribution in [0.4, 0.5) is 0 Å². The van der Waals surface area contributed by atoms with Crippen LogP contribution in [0.5, 0.6) is 0 Å². The summed E-state index contributed by atoms with van der Waals surface area (Å²) >= 11 is 5.93. The fourth-order valence-corrected chi connectivity index (χ4v) is 2.49. The number of aliphatic carboxylic acids is 1. The molecule has 1 N–H and O–H groups in total. The van der Waals surface area contributed by atoms with Gasteiger partial charge in [-0.25, -0.2) is 4.79 Å². The largest absolute Gasteiger partial charge is 0.480 e. The van der Waals surface area contributed by atoms with E-state index >= 15 is 0 Å². The van der Waals surface area contributed by atoms with E-state index in [-0.39, 0.29) is 18.6 Å². The molecule has 1 fully saturated rings. The van der Waals surface area contributed by atoms with Gasteiger partial charge < -0.3 is 14.7 Å². The van der Waals surface area contributed by atoms with Crippen LogP contribution in [0.1, 0.15) is 22.3 Å². The number of aryl methyl sites for hydroxylation is 1. The minimum atomic E-state index is -1.01. The molecule has 1 aliphatic rings. The third-order valence-electron chi connectivity index (χ3n) is 3.55. The quantitative estimate of drug-likeness (QED) is 0.926. The molecule has 0 bridgehead atoms. The Morgan fingerprint density at radius 3 is 2.70 bits per heavy atom. The lowest BCUT2D eigenvalue weighted by atomic mass is 10.1. The van der Waals surface area contributed by atoms with Crippen molar-refractivity contribution in [2.24, 2.45) is 0 Å². The van der Waals surface area contributed by atoms with Crippen LogP contribution >= 0.6 is 11.6 Å². The summed E-state index contributed by atoms with van der Waals surface area (Å²) in [5.41, 5.74) is 1.22. The maximum absolute atomic E-state index is 12.5. The second-order valence-corrected chi connectivity index (χ2v) is 5.28. The molecule has 0 spiro atoms. The number of nitrogens with zero attached hydrogens (tertiary/aromatic N) is 1. The van der Waals surface area contributed by atoms with Gasteiger partial charge in [-0.1, -0.05) is 11.6 Å². The summed E-state index contributed by atoms with van der Waals surface area (Å²) < 4.78 is 5.17. The molecular weight excluding hydrogens is 282 g/mol. The van der Waals surface area contributed by atoms with Gasteiger partial charge in [0.05, 0.1) is 6.10 Å². The van der Waals surface area contributed by atoms with Crippen molar-refractivity contribution < 1.29 is 19.4 Å². The molecule has 2 atom stereocenters. The Morgan fingerprint density at radius 2 is 2.15 bits per heavy atom. The average Bonchev–Trinajstić information content (AvgIpc) is 2.85. The van der Waals surface area contributed by atoms with E-state index in [2.05, 4.69) is 0 Å². The number of carbonyl (C=O) groups excluding carboxylic acids is 1. The van der Waals surface area contributed by atoms with Gasteiger partial charge in [0, 0.05) is 30.7 Å². The minimum absolute atomic E-state index is 0.242. The van der Waals surface area contributed by atoms with Gasteiger partial charge in [-0.15, -0.1) is 0 Å². The Labute approximate surface area is 122 Å².